The van der Waals surface area contributed by atoms with E-state index >= 15 is 0 Å². The first-order valence-corrected chi connectivity index (χ1v) is 17.7. The molecule has 47 heavy (non-hydrogen) atoms. The average Bonchev–Trinajstić information content (AvgIpc) is 3.35. The molecular weight excluding hydrogens is 688 g/mol. The molecule has 0 bridgehead atoms. The van der Waals surface area contributed by atoms with Gasteiger partial charge in [0.15, 0.2) is 0 Å². The van der Waals surface area contributed by atoms with Crippen molar-refractivity contribution >= 4 is 71.5 Å². The van der Waals surface area contributed by atoms with Gasteiger partial charge in [-0.3, -0.25) is 19.4 Å². The molecule has 1 saturated heterocycles. The lowest BCUT2D eigenvalue weighted by Gasteiger charge is -2.36. The summed E-state index contributed by atoms with van der Waals surface area (Å²) in [7, 11) is -0.00981. The van der Waals surface area contributed by atoms with Crippen molar-refractivity contribution in [2.75, 3.05) is 53.4 Å². The minimum Gasteiger partial charge on any atom is -0.494 e. The van der Waals surface area contributed by atoms with Crippen LogP contribution in [0.15, 0.2) is 53.5 Å². The molecule has 5 heterocycles. The van der Waals surface area contributed by atoms with Crippen molar-refractivity contribution in [3.8, 4) is 16.9 Å². The van der Waals surface area contributed by atoms with Gasteiger partial charge in [-0.25, -0.2) is 13.4 Å². The molecular formula is C31H33BrN10O4S. The van der Waals surface area contributed by atoms with Gasteiger partial charge in [-0.05, 0) is 47.0 Å². The van der Waals surface area contributed by atoms with Gasteiger partial charge in [0.2, 0.25) is 16.0 Å². The number of nitrogens with one attached hydrogen (secondary N) is 3. The zero-order chi connectivity index (χ0) is 32.7. The molecule has 0 radical (unpaired) electrons. The van der Waals surface area contributed by atoms with Crippen LogP contribution in [0, 0.1) is 0 Å². The molecule has 7 rings (SSSR count). The maximum atomic E-state index is 12.3. The van der Waals surface area contributed by atoms with Crippen molar-refractivity contribution in [1.29, 1.82) is 0 Å². The molecule has 14 nitrogen and oxygen atoms in total. The standard InChI is InChI=1S/C31H33BrN10O4S/c1-41-25-6-11-42(18-7-12-46-13-8-18)26-15-27(45-2)24(14-19(26)20(25)16-36-41)38-31-35-17-21(32)30(39-31)37-23-5-4-22-28(34-10-9-33-22)29(23)40-47(3,43)44/h4-5,9-10,14-18,40H,6-8,11-13H2,1-3H3,(H2,35,37,38,39). The fraction of sp³-hybridized carbons (Fsp3) is 0.323. The van der Waals surface area contributed by atoms with Crippen molar-refractivity contribution in [1.82, 2.24) is 29.7 Å². The molecule has 0 aliphatic carbocycles. The SMILES string of the molecule is COc1cc2c(cc1Nc1ncc(Br)c(Nc3ccc4nccnc4c3NS(C)(=O)=O)n1)-c1cnn(C)c1CCN2C1CCOCC1. The Morgan fingerprint density at radius 1 is 1.02 bits per heavy atom. The maximum Gasteiger partial charge on any atom is 0.229 e. The molecule has 1 fully saturated rings. The van der Waals surface area contributed by atoms with Gasteiger partial charge >= 0.3 is 0 Å². The number of rotatable bonds is 8. The third kappa shape index (κ3) is 6.27. The highest BCUT2D eigenvalue weighted by Gasteiger charge is 2.30. The molecule has 2 aliphatic rings. The number of aryl methyl sites for hydroxylation is 1. The van der Waals surface area contributed by atoms with E-state index in [0.29, 0.717) is 50.4 Å². The fourth-order valence-corrected chi connectivity index (χ4v) is 7.06. The van der Waals surface area contributed by atoms with Gasteiger partial charge in [-0.15, -0.1) is 0 Å². The Morgan fingerprint density at radius 2 is 1.83 bits per heavy atom. The third-order valence-corrected chi connectivity index (χ3v) is 9.53. The van der Waals surface area contributed by atoms with Crippen molar-refractivity contribution in [3.05, 3.63) is 59.2 Å². The van der Waals surface area contributed by atoms with Crippen LogP contribution in [0.2, 0.25) is 0 Å². The van der Waals surface area contributed by atoms with Gasteiger partial charge in [0.25, 0.3) is 0 Å². The van der Waals surface area contributed by atoms with E-state index < -0.39 is 10.0 Å². The summed E-state index contributed by atoms with van der Waals surface area (Å²) in [6.45, 7) is 2.36. The van der Waals surface area contributed by atoms with Crippen LogP contribution in [-0.2, 0) is 28.2 Å². The minimum absolute atomic E-state index is 0.256. The number of halogens is 1. The van der Waals surface area contributed by atoms with Crippen LogP contribution >= 0.6 is 15.9 Å². The summed E-state index contributed by atoms with van der Waals surface area (Å²) < 4.78 is 41.2. The Kier molecular flexibility index (Phi) is 8.32. The van der Waals surface area contributed by atoms with Crippen LogP contribution in [0.1, 0.15) is 18.5 Å². The first-order chi connectivity index (χ1) is 22.7. The second-order valence-corrected chi connectivity index (χ2v) is 14.0. The Morgan fingerprint density at radius 3 is 2.62 bits per heavy atom. The van der Waals surface area contributed by atoms with E-state index in [1.54, 1.807) is 31.6 Å². The largest absolute Gasteiger partial charge is 0.494 e. The number of sulfonamides is 1. The highest BCUT2D eigenvalue weighted by atomic mass is 79.9. The lowest BCUT2D eigenvalue weighted by Crippen LogP contribution is -2.40. The number of benzene rings is 2. The molecule has 0 amide bonds. The molecule has 0 unspecified atom stereocenters. The Bertz CT molecular complexity index is 2080. The molecule has 3 N–H and O–H groups in total. The van der Waals surface area contributed by atoms with E-state index in [2.05, 4.69) is 68.4 Å². The number of ether oxygens (including phenoxy) is 2. The summed E-state index contributed by atoms with van der Waals surface area (Å²) in [6, 6.07) is 7.98. The summed E-state index contributed by atoms with van der Waals surface area (Å²) >= 11 is 3.53. The van der Waals surface area contributed by atoms with E-state index in [9.17, 15) is 8.42 Å². The number of nitrogens with zero attached hydrogens (tertiary/aromatic N) is 7. The van der Waals surface area contributed by atoms with Gasteiger partial charge in [-0.2, -0.15) is 10.1 Å². The van der Waals surface area contributed by atoms with Crippen LogP contribution < -0.4 is 25.0 Å². The summed E-state index contributed by atoms with van der Waals surface area (Å²) in [5.41, 5.74) is 6.69. The van der Waals surface area contributed by atoms with Gasteiger partial charge in [-0.1, -0.05) is 0 Å². The van der Waals surface area contributed by atoms with Gasteiger partial charge in [0, 0.05) is 86.4 Å². The molecule has 2 aliphatic heterocycles. The predicted octanol–water partition coefficient (Wildman–Crippen LogP) is 4.99. The molecule has 0 atom stereocenters. The minimum atomic E-state index is -3.64. The highest BCUT2D eigenvalue weighted by molar-refractivity contribution is 9.10. The Hall–Kier alpha value is -4.54. The average molecular weight is 722 g/mol. The molecule has 16 heteroatoms. The first-order valence-electron chi connectivity index (χ1n) is 15.0. The third-order valence-electron chi connectivity index (χ3n) is 8.37. The Labute approximate surface area is 280 Å². The number of aromatic nitrogens is 6. The van der Waals surface area contributed by atoms with Crippen LogP contribution in [0.5, 0.6) is 5.75 Å². The van der Waals surface area contributed by atoms with Gasteiger partial charge < -0.3 is 25.0 Å². The van der Waals surface area contributed by atoms with Crippen LogP contribution in [0.3, 0.4) is 0 Å². The first kappa shape index (κ1) is 31.1. The topological polar surface area (TPSA) is 161 Å². The monoisotopic (exact) mass is 720 g/mol. The van der Waals surface area contributed by atoms with E-state index in [4.69, 9.17) is 14.5 Å². The molecule has 0 spiro atoms. The lowest BCUT2D eigenvalue weighted by atomic mass is 10.0. The van der Waals surface area contributed by atoms with E-state index in [1.165, 1.54) is 11.9 Å². The second-order valence-electron chi connectivity index (χ2n) is 11.4. The van der Waals surface area contributed by atoms with Crippen LogP contribution in [0.4, 0.5) is 34.5 Å². The quantitative estimate of drug-likeness (QED) is 0.197. The molecule has 2 aromatic carbocycles. The molecule has 3 aromatic heterocycles. The normalized spacial score (nSPS) is 15.1. The number of fused-ring (bicyclic) bond motifs is 4. The number of hydrogen-bond acceptors (Lipinski definition) is 12. The molecule has 5 aromatic rings. The van der Waals surface area contributed by atoms with Crippen molar-refractivity contribution < 1.29 is 17.9 Å². The lowest BCUT2D eigenvalue weighted by molar-refractivity contribution is 0.0845. The summed E-state index contributed by atoms with van der Waals surface area (Å²) in [6.07, 6.45) is 10.5. The van der Waals surface area contributed by atoms with E-state index in [1.807, 2.05) is 17.9 Å². The van der Waals surface area contributed by atoms with Crippen molar-refractivity contribution in [2.24, 2.45) is 7.05 Å². The smallest absolute Gasteiger partial charge is 0.229 e. The van der Waals surface area contributed by atoms with Crippen LogP contribution in [0.25, 0.3) is 22.2 Å². The van der Waals surface area contributed by atoms with E-state index in [0.717, 1.165) is 62.1 Å². The summed E-state index contributed by atoms with van der Waals surface area (Å²) in [5, 5.41) is 11.2. The fourth-order valence-electron chi connectivity index (χ4n) is 6.19. The van der Waals surface area contributed by atoms with E-state index in [-0.39, 0.29) is 5.69 Å². The molecule has 0 saturated carbocycles. The van der Waals surface area contributed by atoms with Crippen molar-refractivity contribution in [2.45, 2.75) is 25.3 Å². The number of anilines is 6. The number of methoxy groups -OCH3 is 1. The summed E-state index contributed by atoms with van der Waals surface area (Å²) in [4.78, 5) is 20.4. The zero-order valence-electron chi connectivity index (χ0n) is 26.0. The highest BCUT2D eigenvalue weighted by Crippen LogP contribution is 2.44. The molecule has 244 valence electrons. The van der Waals surface area contributed by atoms with Gasteiger partial charge in [0.1, 0.15) is 17.1 Å². The zero-order valence-corrected chi connectivity index (χ0v) is 28.4. The second kappa shape index (κ2) is 12.6. The summed E-state index contributed by atoms with van der Waals surface area (Å²) in [5.74, 6) is 1.34. The van der Waals surface area contributed by atoms with Gasteiger partial charge in [0.05, 0.1) is 46.6 Å². The Balaban J connectivity index is 1.26. The van der Waals surface area contributed by atoms with Crippen molar-refractivity contribution in [3.63, 3.8) is 0 Å². The maximum absolute atomic E-state index is 12.3. The predicted molar refractivity (Wildman–Crippen MR) is 184 cm³/mol. The van der Waals surface area contributed by atoms with Crippen LogP contribution in [-0.4, -0.2) is 77.3 Å². The number of hydrogen-bond donors (Lipinski definition) is 3.